The molecule has 1 aromatic carbocycles. The van der Waals surface area contributed by atoms with Crippen LogP contribution in [0.15, 0.2) is 36.4 Å². The van der Waals surface area contributed by atoms with E-state index in [4.69, 9.17) is 0 Å². The first-order valence-corrected chi connectivity index (χ1v) is 7.42. The standard InChI is InChI=1S/C16H17F3N4O/c1-3-23(4-2)14-10-9-13(21-22-14)20-15(24)11-5-7-12(8-6-11)16(17,18)19/h5-10H,3-4H2,1-2H3,(H,20,21,24). The number of alkyl halides is 3. The fraction of sp³-hybridized carbons (Fsp3) is 0.312. The van der Waals surface area contributed by atoms with E-state index in [1.165, 1.54) is 0 Å². The van der Waals surface area contributed by atoms with Crippen LogP contribution in [0.25, 0.3) is 0 Å². The molecule has 1 aromatic heterocycles. The number of rotatable bonds is 5. The highest BCUT2D eigenvalue weighted by atomic mass is 19.4. The van der Waals surface area contributed by atoms with Crippen LogP contribution in [0, 0.1) is 0 Å². The van der Waals surface area contributed by atoms with Gasteiger partial charge in [-0.1, -0.05) is 0 Å². The lowest BCUT2D eigenvalue weighted by atomic mass is 10.1. The molecule has 128 valence electrons. The highest BCUT2D eigenvalue weighted by molar-refractivity contribution is 6.03. The van der Waals surface area contributed by atoms with Gasteiger partial charge in [-0.3, -0.25) is 4.79 Å². The molecule has 0 bridgehead atoms. The van der Waals surface area contributed by atoms with Crippen molar-refractivity contribution in [2.75, 3.05) is 23.3 Å². The van der Waals surface area contributed by atoms with Gasteiger partial charge < -0.3 is 10.2 Å². The quantitative estimate of drug-likeness (QED) is 0.905. The van der Waals surface area contributed by atoms with E-state index in [-0.39, 0.29) is 11.4 Å². The Bertz CT molecular complexity index is 680. The molecule has 0 saturated carbocycles. The molecule has 0 radical (unpaired) electrons. The Balaban J connectivity index is 2.07. The zero-order valence-electron chi connectivity index (χ0n) is 13.3. The van der Waals surface area contributed by atoms with E-state index >= 15 is 0 Å². The van der Waals surface area contributed by atoms with Crippen molar-refractivity contribution in [3.63, 3.8) is 0 Å². The van der Waals surface area contributed by atoms with Gasteiger partial charge in [-0.15, -0.1) is 10.2 Å². The van der Waals surface area contributed by atoms with E-state index in [1.807, 2.05) is 18.7 Å². The first kappa shape index (κ1) is 17.7. The van der Waals surface area contributed by atoms with Crippen LogP contribution in [0.3, 0.4) is 0 Å². The average Bonchev–Trinajstić information content (AvgIpc) is 2.57. The fourth-order valence-corrected chi connectivity index (χ4v) is 2.11. The second-order valence-electron chi connectivity index (χ2n) is 4.98. The Hall–Kier alpha value is -2.64. The lowest BCUT2D eigenvalue weighted by Gasteiger charge is -2.18. The summed E-state index contributed by atoms with van der Waals surface area (Å²) < 4.78 is 37.5. The van der Waals surface area contributed by atoms with Gasteiger partial charge in [0.05, 0.1) is 5.56 Å². The van der Waals surface area contributed by atoms with E-state index in [1.54, 1.807) is 12.1 Å². The molecule has 1 amide bonds. The molecule has 0 aliphatic carbocycles. The van der Waals surface area contributed by atoms with Gasteiger partial charge in [0.2, 0.25) is 0 Å². The Morgan fingerprint density at radius 3 is 2.12 bits per heavy atom. The molecule has 2 aromatic rings. The van der Waals surface area contributed by atoms with Crippen LogP contribution in [-0.2, 0) is 6.18 Å². The molecule has 1 heterocycles. The summed E-state index contributed by atoms with van der Waals surface area (Å²) in [6.07, 6.45) is -4.43. The monoisotopic (exact) mass is 338 g/mol. The molecular weight excluding hydrogens is 321 g/mol. The molecule has 0 fully saturated rings. The third-order valence-electron chi connectivity index (χ3n) is 3.45. The lowest BCUT2D eigenvalue weighted by molar-refractivity contribution is -0.137. The maximum absolute atomic E-state index is 12.5. The maximum Gasteiger partial charge on any atom is 0.416 e. The van der Waals surface area contributed by atoms with E-state index in [0.717, 1.165) is 37.4 Å². The van der Waals surface area contributed by atoms with Crippen molar-refractivity contribution >= 4 is 17.5 Å². The SMILES string of the molecule is CCN(CC)c1ccc(NC(=O)c2ccc(C(F)(F)F)cc2)nn1. The zero-order chi connectivity index (χ0) is 17.7. The first-order valence-electron chi connectivity index (χ1n) is 7.42. The van der Waals surface area contributed by atoms with E-state index in [2.05, 4.69) is 15.5 Å². The van der Waals surface area contributed by atoms with Gasteiger partial charge >= 0.3 is 6.18 Å². The minimum atomic E-state index is -4.43. The van der Waals surface area contributed by atoms with Crippen LogP contribution in [0.2, 0.25) is 0 Å². The number of hydrogen-bond donors (Lipinski definition) is 1. The number of carbonyl (C=O) groups excluding carboxylic acids is 1. The predicted octanol–water partition coefficient (Wildman–Crippen LogP) is 3.59. The molecule has 1 N–H and O–H groups in total. The number of nitrogens with zero attached hydrogens (tertiary/aromatic N) is 3. The number of nitrogens with one attached hydrogen (secondary N) is 1. The van der Waals surface area contributed by atoms with Crippen LogP contribution < -0.4 is 10.2 Å². The van der Waals surface area contributed by atoms with Crippen LogP contribution in [0.1, 0.15) is 29.8 Å². The van der Waals surface area contributed by atoms with Crippen molar-refractivity contribution in [1.29, 1.82) is 0 Å². The number of halogens is 3. The Kier molecular flexibility index (Phi) is 5.38. The molecule has 8 heteroatoms. The number of benzene rings is 1. The number of amides is 1. The summed E-state index contributed by atoms with van der Waals surface area (Å²) in [6.45, 7) is 5.54. The number of hydrogen-bond acceptors (Lipinski definition) is 4. The molecule has 5 nitrogen and oxygen atoms in total. The molecule has 2 rings (SSSR count). The van der Waals surface area contributed by atoms with Crippen LogP contribution >= 0.6 is 0 Å². The average molecular weight is 338 g/mol. The first-order chi connectivity index (χ1) is 11.3. The van der Waals surface area contributed by atoms with Gasteiger partial charge in [0.15, 0.2) is 11.6 Å². The van der Waals surface area contributed by atoms with Crippen molar-refractivity contribution in [2.45, 2.75) is 20.0 Å². The van der Waals surface area contributed by atoms with E-state index in [0.29, 0.717) is 5.82 Å². The third kappa shape index (κ3) is 4.21. The van der Waals surface area contributed by atoms with Crippen molar-refractivity contribution < 1.29 is 18.0 Å². The number of anilines is 2. The Labute approximate surface area is 137 Å². The topological polar surface area (TPSA) is 58.1 Å². The summed E-state index contributed by atoms with van der Waals surface area (Å²) in [7, 11) is 0. The zero-order valence-corrected chi connectivity index (χ0v) is 13.3. The summed E-state index contributed by atoms with van der Waals surface area (Å²) in [5.74, 6) is 0.372. The van der Waals surface area contributed by atoms with E-state index in [9.17, 15) is 18.0 Å². The molecule has 0 atom stereocenters. The summed E-state index contributed by atoms with van der Waals surface area (Å²) >= 11 is 0. The number of carbonyl (C=O) groups is 1. The van der Waals surface area contributed by atoms with Gasteiger partial charge in [-0.25, -0.2) is 0 Å². The Morgan fingerprint density at radius 2 is 1.67 bits per heavy atom. The molecule has 0 spiro atoms. The third-order valence-corrected chi connectivity index (χ3v) is 3.45. The van der Waals surface area contributed by atoms with Gasteiger partial charge in [0.1, 0.15) is 0 Å². The summed E-state index contributed by atoms with van der Waals surface area (Å²) in [5.41, 5.74) is -0.694. The van der Waals surface area contributed by atoms with Crippen molar-refractivity contribution in [2.24, 2.45) is 0 Å². The molecule has 0 aliphatic rings. The fourth-order valence-electron chi connectivity index (χ4n) is 2.11. The summed E-state index contributed by atoms with van der Waals surface area (Å²) in [5, 5.41) is 10.4. The highest BCUT2D eigenvalue weighted by Crippen LogP contribution is 2.29. The molecule has 0 saturated heterocycles. The van der Waals surface area contributed by atoms with Crippen molar-refractivity contribution in [3.05, 3.63) is 47.5 Å². The summed E-state index contributed by atoms with van der Waals surface area (Å²) in [6, 6.07) is 7.30. The number of aromatic nitrogens is 2. The molecule has 24 heavy (non-hydrogen) atoms. The second kappa shape index (κ2) is 7.29. The van der Waals surface area contributed by atoms with Crippen molar-refractivity contribution in [3.8, 4) is 0 Å². The minimum absolute atomic E-state index is 0.109. The largest absolute Gasteiger partial charge is 0.416 e. The molecule has 0 aliphatic heterocycles. The van der Waals surface area contributed by atoms with Crippen LogP contribution in [0.4, 0.5) is 24.8 Å². The second-order valence-corrected chi connectivity index (χ2v) is 4.98. The highest BCUT2D eigenvalue weighted by Gasteiger charge is 2.30. The summed E-state index contributed by atoms with van der Waals surface area (Å²) in [4.78, 5) is 14.0. The lowest BCUT2D eigenvalue weighted by Crippen LogP contribution is -2.23. The van der Waals surface area contributed by atoms with Crippen LogP contribution in [0.5, 0.6) is 0 Å². The van der Waals surface area contributed by atoms with Crippen LogP contribution in [-0.4, -0.2) is 29.2 Å². The molecule has 0 unspecified atom stereocenters. The van der Waals surface area contributed by atoms with E-state index < -0.39 is 17.6 Å². The normalized spacial score (nSPS) is 11.2. The van der Waals surface area contributed by atoms with Gasteiger partial charge in [0, 0.05) is 18.7 Å². The predicted molar refractivity (Wildman–Crippen MR) is 85.0 cm³/mol. The smallest absolute Gasteiger partial charge is 0.356 e. The Morgan fingerprint density at radius 1 is 1.04 bits per heavy atom. The van der Waals surface area contributed by atoms with Gasteiger partial charge in [-0.2, -0.15) is 13.2 Å². The minimum Gasteiger partial charge on any atom is -0.356 e. The van der Waals surface area contributed by atoms with Gasteiger partial charge in [0.25, 0.3) is 5.91 Å². The van der Waals surface area contributed by atoms with Gasteiger partial charge in [-0.05, 0) is 50.2 Å². The maximum atomic E-state index is 12.5. The van der Waals surface area contributed by atoms with Crippen molar-refractivity contribution in [1.82, 2.24) is 10.2 Å². The molecular formula is C16H17F3N4O.